The van der Waals surface area contributed by atoms with Crippen molar-refractivity contribution in [2.75, 3.05) is 13.4 Å². The molecule has 2 aromatic heterocycles. The van der Waals surface area contributed by atoms with Gasteiger partial charge in [0.25, 0.3) is 0 Å². The average molecular weight is 303 g/mol. The summed E-state index contributed by atoms with van der Waals surface area (Å²) in [6, 6.07) is 10.2. The van der Waals surface area contributed by atoms with Crippen LogP contribution in [0.1, 0.15) is 10.4 Å². The Kier molecular flexibility index (Phi) is 2.98. The molecule has 0 spiro atoms. The van der Waals surface area contributed by atoms with Crippen molar-refractivity contribution >= 4 is 32.2 Å². The number of fused-ring (bicyclic) bond motifs is 3. The molecule has 0 amide bonds. The number of hydrogen-bond acceptors (Lipinski definition) is 4. The van der Waals surface area contributed by atoms with Crippen molar-refractivity contribution in [3.63, 3.8) is 0 Å². The summed E-state index contributed by atoms with van der Waals surface area (Å²) in [7, 11) is -1.98. The predicted molar refractivity (Wildman–Crippen MR) is 79.4 cm³/mol. The van der Waals surface area contributed by atoms with E-state index in [0.29, 0.717) is 22.0 Å². The van der Waals surface area contributed by atoms with Gasteiger partial charge in [0.1, 0.15) is 0 Å². The summed E-state index contributed by atoms with van der Waals surface area (Å²) in [4.78, 5) is 12.2. The molecule has 0 radical (unpaired) electrons. The monoisotopic (exact) mass is 303 g/mol. The Morgan fingerprint density at radius 1 is 1.14 bits per heavy atom. The SMILES string of the molecule is COC(=O)c1c2ccc(S(C)(=O)=O)cc2n2ccccc12. The van der Waals surface area contributed by atoms with E-state index in [-0.39, 0.29) is 4.90 Å². The third kappa shape index (κ3) is 2.08. The molecule has 0 aliphatic carbocycles. The highest BCUT2D eigenvalue weighted by molar-refractivity contribution is 7.90. The van der Waals surface area contributed by atoms with E-state index in [0.717, 1.165) is 6.26 Å². The molecule has 0 saturated heterocycles. The van der Waals surface area contributed by atoms with Crippen LogP contribution in [0, 0.1) is 0 Å². The maximum absolute atomic E-state index is 12.0. The number of ether oxygens (including phenoxy) is 1. The predicted octanol–water partition coefficient (Wildman–Crippen LogP) is 2.28. The molecule has 3 aromatic rings. The third-order valence-electron chi connectivity index (χ3n) is 3.43. The second-order valence-electron chi connectivity index (χ2n) is 4.77. The molecule has 21 heavy (non-hydrogen) atoms. The molecular weight excluding hydrogens is 290 g/mol. The van der Waals surface area contributed by atoms with Crippen LogP contribution in [0.3, 0.4) is 0 Å². The van der Waals surface area contributed by atoms with E-state index < -0.39 is 15.8 Å². The number of pyridine rings is 1. The molecule has 0 N–H and O–H groups in total. The van der Waals surface area contributed by atoms with E-state index in [1.165, 1.54) is 13.2 Å². The first-order valence-corrected chi connectivity index (χ1v) is 8.14. The third-order valence-corrected chi connectivity index (χ3v) is 4.54. The van der Waals surface area contributed by atoms with Crippen molar-refractivity contribution in [1.29, 1.82) is 0 Å². The minimum atomic E-state index is -3.31. The molecule has 108 valence electrons. The topological polar surface area (TPSA) is 64.9 Å². The minimum absolute atomic E-state index is 0.217. The van der Waals surface area contributed by atoms with Gasteiger partial charge in [-0.05, 0) is 24.3 Å². The number of sulfone groups is 1. The van der Waals surface area contributed by atoms with Gasteiger partial charge < -0.3 is 9.14 Å². The largest absolute Gasteiger partial charge is 0.465 e. The fraction of sp³-hybridized carbons (Fsp3) is 0.133. The maximum Gasteiger partial charge on any atom is 0.340 e. The molecule has 0 bridgehead atoms. The number of methoxy groups -OCH3 is 1. The molecule has 0 fully saturated rings. The first-order valence-electron chi connectivity index (χ1n) is 6.24. The lowest BCUT2D eigenvalue weighted by Crippen LogP contribution is -2.01. The van der Waals surface area contributed by atoms with Gasteiger partial charge in [0.05, 0.1) is 28.6 Å². The van der Waals surface area contributed by atoms with Gasteiger partial charge in [0, 0.05) is 17.8 Å². The standard InChI is InChI=1S/C15H13NO4S/c1-20-15(17)14-11-7-6-10(21(2,18)19)9-13(11)16-8-4-3-5-12(14)16/h3-9H,1-2H3. The number of rotatable bonds is 2. The first-order chi connectivity index (χ1) is 9.93. The van der Waals surface area contributed by atoms with Gasteiger partial charge in [0.2, 0.25) is 0 Å². The van der Waals surface area contributed by atoms with Crippen LogP contribution in [0.2, 0.25) is 0 Å². The van der Waals surface area contributed by atoms with E-state index in [9.17, 15) is 13.2 Å². The average Bonchev–Trinajstić information content (AvgIpc) is 2.79. The van der Waals surface area contributed by atoms with E-state index in [4.69, 9.17) is 4.74 Å². The van der Waals surface area contributed by atoms with Crippen LogP contribution in [-0.4, -0.2) is 32.2 Å². The molecule has 0 saturated carbocycles. The molecule has 0 atom stereocenters. The van der Waals surface area contributed by atoms with Crippen molar-refractivity contribution in [3.05, 3.63) is 48.2 Å². The lowest BCUT2D eigenvalue weighted by Gasteiger charge is -2.00. The Hall–Kier alpha value is -2.34. The Morgan fingerprint density at radius 2 is 1.90 bits per heavy atom. The molecule has 0 aliphatic rings. The van der Waals surface area contributed by atoms with Crippen molar-refractivity contribution in [2.24, 2.45) is 0 Å². The van der Waals surface area contributed by atoms with Gasteiger partial charge >= 0.3 is 5.97 Å². The number of nitrogens with zero attached hydrogens (tertiary/aromatic N) is 1. The summed E-state index contributed by atoms with van der Waals surface area (Å²) >= 11 is 0. The Labute approximate surface area is 121 Å². The highest BCUT2D eigenvalue weighted by Gasteiger charge is 2.20. The quantitative estimate of drug-likeness (QED) is 0.681. The summed E-state index contributed by atoms with van der Waals surface area (Å²) in [6.07, 6.45) is 2.95. The fourth-order valence-electron chi connectivity index (χ4n) is 2.46. The van der Waals surface area contributed by atoms with Crippen LogP contribution in [0.5, 0.6) is 0 Å². The minimum Gasteiger partial charge on any atom is -0.465 e. The van der Waals surface area contributed by atoms with Crippen molar-refractivity contribution in [1.82, 2.24) is 4.40 Å². The second kappa shape index (κ2) is 4.60. The van der Waals surface area contributed by atoms with E-state index in [1.807, 2.05) is 12.1 Å². The molecule has 3 rings (SSSR count). The number of aromatic nitrogens is 1. The summed E-state index contributed by atoms with van der Waals surface area (Å²) in [6.45, 7) is 0. The second-order valence-corrected chi connectivity index (χ2v) is 6.79. The molecule has 1 aromatic carbocycles. The Balaban J connectivity index is 2.49. The van der Waals surface area contributed by atoms with Crippen molar-refractivity contribution in [3.8, 4) is 0 Å². The zero-order valence-electron chi connectivity index (χ0n) is 11.5. The molecular formula is C15H13NO4S. The van der Waals surface area contributed by atoms with Gasteiger partial charge in [-0.3, -0.25) is 0 Å². The highest BCUT2D eigenvalue weighted by atomic mass is 32.2. The number of benzene rings is 1. The summed E-state index contributed by atoms with van der Waals surface area (Å²) in [5.41, 5.74) is 1.78. The van der Waals surface area contributed by atoms with Crippen LogP contribution in [0.25, 0.3) is 16.4 Å². The van der Waals surface area contributed by atoms with E-state index in [1.54, 1.807) is 28.8 Å². The van der Waals surface area contributed by atoms with Gasteiger partial charge in [0.15, 0.2) is 9.84 Å². The number of carbonyl (C=O) groups excluding carboxylic acids is 1. The molecule has 0 aliphatic heterocycles. The van der Waals surface area contributed by atoms with Gasteiger partial charge in [-0.25, -0.2) is 13.2 Å². The molecule has 6 heteroatoms. The smallest absolute Gasteiger partial charge is 0.340 e. The lowest BCUT2D eigenvalue weighted by atomic mass is 10.1. The van der Waals surface area contributed by atoms with Crippen LogP contribution in [-0.2, 0) is 14.6 Å². The summed E-state index contributed by atoms with van der Waals surface area (Å²) < 4.78 is 30.0. The zero-order valence-corrected chi connectivity index (χ0v) is 12.3. The number of esters is 1. The van der Waals surface area contributed by atoms with E-state index >= 15 is 0 Å². The first kappa shape index (κ1) is 13.6. The normalized spacial score (nSPS) is 11.9. The zero-order chi connectivity index (χ0) is 15.2. The van der Waals surface area contributed by atoms with Crippen LogP contribution >= 0.6 is 0 Å². The fourth-order valence-corrected chi connectivity index (χ4v) is 3.11. The summed E-state index contributed by atoms with van der Waals surface area (Å²) in [5.74, 6) is -0.444. The Bertz CT molecular complexity index is 970. The van der Waals surface area contributed by atoms with E-state index in [2.05, 4.69) is 0 Å². The van der Waals surface area contributed by atoms with Gasteiger partial charge in [-0.15, -0.1) is 0 Å². The van der Waals surface area contributed by atoms with Crippen molar-refractivity contribution < 1.29 is 17.9 Å². The Morgan fingerprint density at radius 3 is 2.57 bits per heavy atom. The number of carbonyl (C=O) groups is 1. The lowest BCUT2D eigenvalue weighted by molar-refractivity contribution is 0.0605. The highest BCUT2D eigenvalue weighted by Crippen LogP contribution is 2.29. The van der Waals surface area contributed by atoms with Crippen LogP contribution < -0.4 is 0 Å². The van der Waals surface area contributed by atoms with Gasteiger partial charge in [-0.1, -0.05) is 12.1 Å². The molecule has 5 nitrogen and oxygen atoms in total. The van der Waals surface area contributed by atoms with Gasteiger partial charge in [-0.2, -0.15) is 0 Å². The molecule has 2 heterocycles. The van der Waals surface area contributed by atoms with Crippen LogP contribution in [0.15, 0.2) is 47.5 Å². The van der Waals surface area contributed by atoms with Crippen molar-refractivity contribution in [2.45, 2.75) is 4.90 Å². The summed E-state index contributed by atoms with van der Waals surface area (Å²) in [5, 5.41) is 0.667. The maximum atomic E-state index is 12.0. The molecule has 0 unspecified atom stereocenters. The van der Waals surface area contributed by atoms with Crippen LogP contribution in [0.4, 0.5) is 0 Å². The number of hydrogen-bond donors (Lipinski definition) is 0.